The number of nitrogens with two attached hydrogens (primary N) is 1. The second kappa shape index (κ2) is 5.73. The lowest BCUT2D eigenvalue weighted by molar-refractivity contribution is 0.415. The van der Waals surface area contributed by atoms with Crippen molar-refractivity contribution in [3.8, 4) is 11.8 Å². The molecule has 0 fully saturated rings. The standard InChI is InChI=1S/C14H13N3O3S/c1-20-14-8-12(6-7-13(14)16)21(18,19)17-11-4-2-10(9-15)3-5-11/h2-8,17H,16H2,1H3. The highest BCUT2D eigenvalue weighted by atomic mass is 32.2. The number of methoxy groups -OCH3 is 1. The van der Waals surface area contributed by atoms with Crippen LogP contribution in [0.15, 0.2) is 47.4 Å². The van der Waals surface area contributed by atoms with Crippen molar-refractivity contribution in [2.24, 2.45) is 0 Å². The SMILES string of the molecule is COc1cc(S(=O)(=O)Nc2ccc(C#N)cc2)ccc1N. The number of ether oxygens (including phenoxy) is 1. The summed E-state index contributed by atoms with van der Waals surface area (Å²) < 4.78 is 32.0. The Balaban J connectivity index is 2.31. The first-order valence-corrected chi connectivity index (χ1v) is 7.41. The quantitative estimate of drug-likeness (QED) is 0.840. The second-order valence-electron chi connectivity index (χ2n) is 4.20. The molecule has 0 aromatic heterocycles. The molecule has 0 aliphatic carbocycles. The van der Waals surface area contributed by atoms with Crippen LogP contribution in [-0.4, -0.2) is 15.5 Å². The molecular formula is C14H13N3O3S. The van der Waals surface area contributed by atoms with Crippen LogP contribution in [0.1, 0.15) is 5.56 Å². The summed E-state index contributed by atoms with van der Waals surface area (Å²) in [6.07, 6.45) is 0. The Hall–Kier alpha value is -2.72. The van der Waals surface area contributed by atoms with Gasteiger partial charge in [-0.25, -0.2) is 8.42 Å². The number of benzene rings is 2. The first-order chi connectivity index (χ1) is 9.96. The van der Waals surface area contributed by atoms with Gasteiger partial charge in [-0.05, 0) is 36.4 Å². The summed E-state index contributed by atoms with van der Waals surface area (Å²) in [5, 5.41) is 8.71. The Bertz CT molecular complexity index is 793. The van der Waals surface area contributed by atoms with Crippen molar-refractivity contribution in [2.45, 2.75) is 4.90 Å². The maximum Gasteiger partial charge on any atom is 0.262 e. The van der Waals surface area contributed by atoms with Crippen LogP contribution >= 0.6 is 0 Å². The van der Waals surface area contributed by atoms with E-state index < -0.39 is 10.0 Å². The highest BCUT2D eigenvalue weighted by Gasteiger charge is 2.16. The lowest BCUT2D eigenvalue weighted by Crippen LogP contribution is -2.13. The first kappa shape index (κ1) is 14.7. The van der Waals surface area contributed by atoms with E-state index in [4.69, 9.17) is 15.7 Å². The number of sulfonamides is 1. The van der Waals surface area contributed by atoms with Crippen molar-refractivity contribution < 1.29 is 13.2 Å². The number of hydrogen-bond donors (Lipinski definition) is 2. The first-order valence-electron chi connectivity index (χ1n) is 5.93. The molecule has 0 aliphatic heterocycles. The molecule has 2 rings (SSSR count). The molecule has 0 unspecified atom stereocenters. The molecule has 2 aromatic carbocycles. The summed E-state index contributed by atoms with van der Waals surface area (Å²) in [7, 11) is -2.34. The number of rotatable bonds is 4. The second-order valence-corrected chi connectivity index (χ2v) is 5.88. The lowest BCUT2D eigenvalue weighted by atomic mass is 10.2. The van der Waals surface area contributed by atoms with Crippen LogP contribution in [0.3, 0.4) is 0 Å². The number of nitrogens with zero attached hydrogens (tertiary/aromatic N) is 1. The number of nitrogen functional groups attached to an aromatic ring is 1. The number of hydrogen-bond acceptors (Lipinski definition) is 5. The maximum absolute atomic E-state index is 12.3. The van der Waals surface area contributed by atoms with Gasteiger partial charge in [0.05, 0.1) is 29.3 Å². The fraction of sp³-hybridized carbons (Fsp3) is 0.0714. The van der Waals surface area contributed by atoms with Gasteiger partial charge in [0.15, 0.2) is 0 Å². The van der Waals surface area contributed by atoms with Gasteiger partial charge >= 0.3 is 0 Å². The fourth-order valence-corrected chi connectivity index (χ4v) is 2.76. The van der Waals surface area contributed by atoms with Gasteiger partial charge in [0.25, 0.3) is 10.0 Å². The molecule has 0 heterocycles. The highest BCUT2D eigenvalue weighted by Crippen LogP contribution is 2.26. The zero-order chi connectivity index (χ0) is 15.5. The number of nitrogens with one attached hydrogen (secondary N) is 1. The van der Waals surface area contributed by atoms with E-state index in [9.17, 15) is 8.42 Å². The van der Waals surface area contributed by atoms with Crippen molar-refractivity contribution in [1.29, 1.82) is 5.26 Å². The van der Waals surface area contributed by atoms with Gasteiger partial charge in [-0.2, -0.15) is 5.26 Å². The zero-order valence-corrected chi connectivity index (χ0v) is 12.0. The van der Waals surface area contributed by atoms with E-state index in [1.165, 1.54) is 49.6 Å². The Morgan fingerprint density at radius 3 is 2.43 bits per heavy atom. The molecule has 0 radical (unpaired) electrons. The summed E-state index contributed by atoms with van der Waals surface area (Å²) >= 11 is 0. The largest absolute Gasteiger partial charge is 0.495 e. The van der Waals surface area contributed by atoms with Crippen LogP contribution in [0, 0.1) is 11.3 Å². The minimum atomic E-state index is -3.75. The predicted molar refractivity (Wildman–Crippen MR) is 79.4 cm³/mol. The van der Waals surface area contributed by atoms with E-state index in [1.54, 1.807) is 0 Å². The molecule has 0 saturated carbocycles. The number of anilines is 2. The molecule has 7 heteroatoms. The van der Waals surface area contributed by atoms with Crippen molar-refractivity contribution >= 4 is 21.4 Å². The molecule has 0 spiro atoms. The van der Waals surface area contributed by atoms with Crippen LogP contribution in [0.25, 0.3) is 0 Å². The van der Waals surface area contributed by atoms with Gasteiger partial charge in [-0.1, -0.05) is 0 Å². The smallest absolute Gasteiger partial charge is 0.262 e. The average Bonchev–Trinajstić information content (AvgIpc) is 2.48. The summed E-state index contributed by atoms with van der Waals surface area (Å²) in [5.41, 5.74) is 6.83. The highest BCUT2D eigenvalue weighted by molar-refractivity contribution is 7.92. The Morgan fingerprint density at radius 1 is 1.19 bits per heavy atom. The van der Waals surface area contributed by atoms with Gasteiger partial charge in [-0.3, -0.25) is 4.72 Å². The Morgan fingerprint density at radius 2 is 1.86 bits per heavy atom. The fourth-order valence-electron chi connectivity index (χ4n) is 1.69. The Labute approximate surface area is 122 Å². The molecule has 2 aromatic rings. The van der Waals surface area contributed by atoms with Crippen LogP contribution in [0.5, 0.6) is 5.75 Å². The van der Waals surface area contributed by atoms with Crippen molar-refractivity contribution in [3.63, 3.8) is 0 Å². The van der Waals surface area contributed by atoms with E-state index in [2.05, 4.69) is 4.72 Å². The van der Waals surface area contributed by atoms with Crippen molar-refractivity contribution in [1.82, 2.24) is 0 Å². The van der Waals surface area contributed by atoms with E-state index in [1.807, 2.05) is 6.07 Å². The molecule has 0 bridgehead atoms. The molecule has 108 valence electrons. The van der Waals surface area contributed by atoms with Crippen LogP contribution in [0.4, 0.5) is 11.4 Å². The molecule has 3 N–H and O–H groups in total. The topological polar surface area (TPSA) is 105 Å². The van der Waals surface area contributed by atoms with E-state index in [0.29, 0.717) is 16.9 Å². The number of nitriles is 1. The molecule has 0 atom stereocenters. The third kappa shape index (κ3) is 3.24. The molecule has 0 amide bonds. The molecule has 6 nitrogen and oxygen atoms in total. The summed E-state index contributed by atoms with van der Waals surface area (Å²) in [6.45, 7) is 0. The van der Waals surface area contributed by atoms with E-state index in [0.717, 1.165) is 0 Å². The normalized spacial score (nSPS) is 10.7. The molecule has 0 aliphatic rings. The summed E-state index contributed by atoms with van der Waals surface area (Å²) in [6, 6.07) is 12.3. The van der Waals surface area contributed by atoms with E-state index >= 15 is 0 Å². The van der Waals surface area contributed by atoms with E-state index in [-0.39, 0.29) is 10.6 Å². The molecule has 0 saturated heterocycles. The minimum Gasteiger partial charge on any atom is -0.495 e. The van der Waals surface area contributed by atoms with Crippen molar-refractivity contribution in [2.75, 3.05) is 17.6 Å². The minimum absolute atomic E-state index is 0.0397. The Kier molecular flexibility index (Phi) is 4.00. The molecular weight excluding hydrogens is 290 g/mol. The van der Waals surface area contributed by atoms with Gasteiger partial charge < -0.3 is 10.5 Å². The third-order valence-corrected chi connectivity index (χ3v) is 4.16. The summed E-state index contributed by atoms with van der Waals surface area (Å²) in [4.78, 5) is 0.0397. The van der Waals surface area contributed by atoms with Gasteiger partial charge in [0.2, 0.25) is 0 Å². The van der Waals surface area contributed by atoms with Crippen LogP contribution < -0.4 is 15.2 Å². The third-order valence-electron chi connectivity index (χ3n) is 2.78. The van der Waals surface area contributed by atoms with Gasteiger partial charge in [-0.15, -0.1) is 0 Å². The zero-order valence-electron chi connectivity index (χ0n) is 11.2. The molecule has 21 heavy (non-hydrogen) atoms. The van der Waals surface area contributed by atoms with Gasteiger partial charge in [0.1, 0.15) is 5.75 Å². The van der Waals surface area contributed by atoms with Crippen molar-refractivity contribution in [3.05, 3.63) is 48.0 Å². The van der Waals surface area contributed by atoms with Crippen LogP contribution in [-0.2, 0) is 10.0 Å². The summed E-state index contributed by atoms with van der Waals surface area (Å²) in [5.74, 6) is 0.290. The lowest BCUT2D eigenvalue weighted by Gasteiger charge is -2.10. The maximum atomic E-state index is 12.3. The average molecular weight is 303 g/mol. The monoisotopic (exact) mass is 303 g/mol. The predicted octanol–water partition coefficient (Wildman–Crippen LogP) is 1.95. The van der Waals surface area contributed by atoms with Gasteiger partial charge in [0, 0.05) is 11.8 Å². The van der Waals surface area contributed by atoms with Crippen LogP contribution in [0.2, 0.25) is 0 Å².